The second-order valence-electron chi connectivity index (χ2n) is 4.40. The van der Waals surface area contributed by atoms with Gasteiger partial charge in [-0.15, -0.1) is 0 Å². The van der Waals surface area contributed by atoms with Gasteiger partial charge in [-0.05, 0) is 29.8 Å². The van der Waals surface area contributed by atoms with E-state index >= 15 is 0 Å². The molecule has 0 saturated carbocycles. The van der Waals surface area contributed by atoms with Gasteiger partial charge < -0.3 is 20.2 Å². The molecular formula is C15H18N2O3. The van der Waals surface area contributed by atoms with E-state index in [1.807, 2.05) is 18.2 Å². The zero-order valence-corrected chi connectivity index (χ0v) is 11.3. The molecule has 0 spiro atoms. The molecule has 0 saturated heterocycles. The summed E-state index contributed by atoms with van der Waals surface area (Å²) in [4.78, 5) is 12.2. The van der Waals surface area contributed by atoms with Crippen LogP contribution in [0.1, 0.15) is 27.7 Å². The molecule has 1 heterocycles. The Balaban J connectivity index is 2.07. The van der Waals surface area contributed by atoms with E-state index < -0.39 is 0 Å². The third kappa shape index (κ3) is 3.46. The van der Waals surface area contributed by atoms with E-state index in [0.29, 0.717) is 24.5 Å². The monoisotopic (exact) mass is 274 g/mol. The number of methoxy groups -OCH3 is 1. The third-order valence-electron chi connectivity index (χ3n) is 2.98. The number of ether oxygens (including phenoxy) is 1. The SMILES string of the molecule is COCC(NC(=O)c1ccc(CN)cc1)c1ccco1. The van der Waals surface area contributed by atoms with E-state index in [1.165, 1.54) is 0 Å². The number of rotatable bonds is 6. The smallest absolute Gasteiger partial charge is 0.251 e. The summed E-state index contributed by atoms with van der Waals surface area (Å²) >= 11 is 0. The van der Waals surface area contributed by atoms with Crippen LogP contribution in [-0.2, 0) is 11.3 Å². The number of carbonyl (C=O) groups excluding carboxylic acids is 1. The lowest BCUT2D eigenvalue weighted by atomic mass is 10.1. The molecule has 1 aromatic carbocycles. The van der Waals surface area contributed by atoms with E-state index in [9.17, 15) is 4.79 Å². The van der Waals surface area contributed by atoms with Crippen molar-refractivity contribution in [1.82, 2.24) is 5.32 Å². The number of amides is 1. The van der Waals surface area contributed by atoms with E-state index in [2.05, 4.69) is 5.32 Å². The van der Waals surface area contributed by atoms with Gasteiger partial charge in [0.25, 0.3) is 5.91 Å². The highest BCUT2D eigenvalue weighted by Crippen LogP contribution is 2.15. The van der Waals surface area contributed by atoms with Crippen LogP contribution >= 0.6 is 0 Å². The van der Waals surface area contributed by atoms with Crippen LogP contribution in [0, 0.1) is 0 Å². The predicted octanol–water partition coefficient (Wildman–Crippen LogP) is 1.86. The third-order valence-corrected chi connectivity index (χ3v) is 2.98. The van der Waals surface area contributed by atoms with Gasteiger partial charge in [-0.25, -0.2) is 0 Å². The largest absolute Gasteiger partial charge is 0.467 e. The van der Waals surface area contributed by atoms with Crippen molar-refractivity contribution in [3.05, 3.63) is 59.5 Å². The average molecular weight is 274 g/mol. The summed E-state index contributed by atoms with van der Waals surface area (Å²) in [6, 6.07) is 10.5. The van der Waals surface area contributed by atoms with Crippen LogP contribution in [0.15, 0.2) is 47.1 Å². The quantitative estimate of drug-likeness (QED) is 0.842. The first-order valence-corrected chi connectivity index (χ1v) is 6.36. The number of benzene rings is 1. The number of furan rings is 1. The Bertz CT molecular complexity index is 535. The van der Waals surface area contributed by atoms with E-state index in [4.69, 9.17) is 14.9 Å². The molecule has 2 aromatic rings. The molecule has 0 bridgehead atoms. The molecule has 1 unspecified atom stereocenters. The summed E-state index contributed by atoms with van der Waals surface area (Å²) in [6.07, 6.45) is 1.57. The Hall–Kier alpha value is -2.11. The summed E-state index contributed by atoms with van der Waals surface area (Å²) in [5.41, 5.74) is 7.10. The lowest BCUT2D eigenvalue weighted by molar-refractivity contribution is 0.0883. The Labute approximate surface area is 117 Å². The van der Waals surface area contributed by atoms with Crippen LogP contribution < -0.4 is 11.1 Å². The van der Waals surface area contributed by atoms with Gasteiger partial charge in [0.15, 0.2) is 0 Å². The van der Waals surface area contributed by atoms with E-state index in [-0.39, 0.29) is 11.9 Å². The van der Waals surface area contributed by atoms with Crippen molar-refractivity contribution in [3.8, 4) is 0 Å². The van der Waals surface area contributed by atoms with Crippen molar-refractivity contribution in [3.63, 3.8) is 0 Å². The van der Waals surface area contributed by atoms with Crippen LogP contribution in [0.4, 0.5) is 0 Å². The van der Waals surface area contributed by atoms with Gasteiger partial charge in [-0.1, -0.05) is 12.1 Å². The molecule has 1 atom stereocenters. The fourth-order valence-electron chi connectivity index (χ4n) is 1.88. The highest BCUT2D eigenvalue weighted by Gasteiger charge is 2.17. The zero-order valence-electron chi connectivity index (χ0n) is 11.3. The summed E-state index contributed by atoms with van der Waals surface area (Å²) < 4.78 is 10.4. The first-order chi connectivity index (χ1) is 9.74. The lowest BCUT2D eigenvalue weighted by Gasteiger charge is -2.15. The first kappa shape index (κ1) is 14.3. The molecule has 0 aliphatic carbocycles. The Morgan fingerprint density at radius 3 is 2.65 bits per heavy atom. The predicted molar refractivity (Wildman–Crippen MR) is 75.1 cm³/mol. The van der Waals surface area contributed by atoms with Crippen molar-refractivity contribution in [2.24, 2.45) is 5.73 Å². The molecule has 106 valence electrons. The normalized spacial score (nSPS) is 12.1. The maximum absolute atomic E-state index is 12.2. The van der Waals surface area contributed by atoms with Crippen molar-refractivity contribution in [1.29, 1.82) is 0 Å². The number of hydrogen-bond donors (Lipinski definition) is 2. The van der Waals surface area contributed by atoms with Crippen LogP contribution in [-0.4, -0.2) is 19.6 Å². The van der Waals surface area contributed by atoms with E-state index in [1.54, 1.807) is 31.6 Å². The molecule has 3 N–H and O–H groups in total. The van der Waals surface area contributed by atoms with E-state index in [0.717, 1.165) is 5.56 Å². The minimum atomic E-state index is -0.309. The van der Waals surface area contributed by atoms with Gasteiger partial charge >= 0.3 is 0 Å². The maximum atomic E-state index is 12.2. The van der Waals surface area contributed by atoms with Gasteiger partial charge in [0, 0.05) is 19.2 Å². The summed E-state index contributed by atoms with van der Waals surface area (Å²) in [6.45, 7) is 0.806. The van der Waals surface area contributed by atoms with Gasteiger partial charge in [0.2, 0.25) is 0 Å². The first-order valence-electron chi connectivity index (χ1n) is 6.36. The van der Waals surface area contributed by atoms with Gasteiger partial charge in [-0.2, -0.15) is 0 Å². The highest BCUT2D eigenvalue weighted by atomic mass is 16.5. The molecule has 5 nitrogen and oxygen atoms in total. The molecule has 0 aliphatic heterocycles. The fraction of sp³-hybridized carbons (Fsp3) is 0.267. The van der Waals surface area contributed by atoms with Gasteiger partial charge in [0.05, 0.1) is 12.9 Å². The van der Waals surface area contributed by atoms with Crippen molar-refractivity contribution in [2.75, 3.05) is 13.7 Å². The average Bonchev–Trinajstić information content (AvgIpc) is 3.01. The lowest BCUT2D eigenvalue weighted by Crippen LogP contribution is -2.31. The topological polar surface area (TPSA) is 77.5 Å². The van der Waals surface area contributed by atoms with Crippen LogP contribution in [0.2, 0.25) is 0 Å². The highest BCUT2D eigenvalue weighted by molar-refractivity contribution is 5.94. The standard InChI is InChI=1S/C15H18N2O3/c1-19-10-13(14-3-2-8-20-14)17-15(18)12-6-4-11(9-16)5-7-12/h2-8,13H,9-10,16H2,1H3,(H,17,18). The summed E-state index contributed by atoms with van der Waals surface area (Å²) in [5.74, 6) is 0.491. The summed E-state index contributed by atoms with van der Waals surface area (Å²) in [7, 11) is 1.58. The fourth-order valence-corrected chi connectivity index (χ4v) is 1.88. The molecule has 2 rings (SSSR count). The maximum Gasteiger partial charge on any atom is 0.251 e. The Kier molecular flexibility index (Phi) is 4.92. The number of hydrogen-bond acceptors (Lipinski definition) is 4. The minimum absolute atomic E-state index is 0.174. The molecule has 0 fully saturated rings. The van der Waals surface area contributed by atoms with Crippen molar-refractivity contribution >= 4 is 5.91 Å². The zero-order chi connectivity index (χ0) is 14.4. The van der Waals surface area contributed by atoms with Crippen molar-refractivity contribution in [2.45, 2.75) is 12.6 Å². The van der Waals surface area contributed by atoms with Gasteiger partial charge in [-0.3, -0.25) is 4.79 Å². The Morgan fingerprint density at radius 1 is 1.35 bits per heavy atom. The van der Waals surface area contributed by atoms with Crippen LogP contribution in [0.3, 0.4) is 0 Å². The molecule has 1 amide bonds. The molecule has 1 aromatic heterocycles. The second kappa shape index (κ2) is 6.88. The van der Waals surface area contributed by atoms with Crippen LogP contribution in [0.25, 0.3) is 0 Å². The molecule has 20 heavy (non-hydrogen) atoms. The Morgan fingerprint density at radius 2 is 2.10 bits per heavy atom. The van der Waals surface area contributed by atoms with Gasteiger partial charge in [0.1, 0.15) is 11.8 Å². The second-order valence-corrected chi connectivity index (χ2v) is 4.40. The molecule has 5 heteroatoms. The van der Waals surface area contributed by atoms with Crippen molar-refractivity contribution < 1.29 is 13.9 Å². The molecule has 0 radical (unpaired) electrons. The number of carbonyl (C=O) groups is 1. The minimum Gasteiger partial charge on any atom is -0.467 e. The molecule has 0 aliphatic rings. The summed E-state index contributed by atoms with van der Waals surface area (Å²) in [5, 5.41) is 2.89. The van der Waals surface area contributed by atoms with Crippen LogP contribution in [0.5, 0.6) is 0 Å². The number of nitrogens with one attached hydrogen (secondary N) is 1. The number of nitrogens with two attached hydrogens (primary N) is 1. The molecular weight excluding hydrogens is 256 g/mol.